The molecule has 2 aromatic carbocycles. The number of amides is 1. The summed E-state index contributed by atoms with van der Waals surface area (Å²) < 4.78 is 5.47. The molecule has 31 heavy (non-hydrogen) atoms. The van der Waals surface area contributed by atoms with Crippen LogP contribution >= 0.6 is 0 Å². The predicted molar refractivity (Wildman–Crippen MR) is 119 cm³/mol. The number of pyridine rings is 1. The van der Waals surface area contributed by atoms with Crippen molar-refractivity contribution in [3.8, 4) is 17.0 Å². The monoisotopic (exact) mass is 418 g/mol. The summed E-state index contributed by atoms with van der Waals surface area (Å²) in [5.74, 6) is -0.878. The molecule has 0 aliphatic carbocycles. The van der Waals surface area contributed by atoms with E-state index in [9.17, 15) is 14.7 Å². The quantitative estimate of drug-likeness (QED) is 0.584. The number of benzene rings is 2. The molecule has 0 aliphatic heterocycles. The first-order valence-corrected chi connectivity index (χ1v) is 10.0. The third-order valence-corrected chi connectivity index (χ3v) is 5.33. The van der Waals surface area contributed by atoms with Gasteiger partial charge in [-0.25, -0.2) is 4.98 Å². The van der Waals surface area contributed by atoms with Crippen molar-refractivity contribution in [2.45, 2.75) is 33.2 Å². The van der Waals surface area contributed by atoms with E-state index >= 15 is 0 Å². The molecule has 0 aliphatic rings. The van der Waals surface area contributed by atoms with Gasteiger partial charge in [-0.15, -0.1) is 0 Å². The van der Waals surface area contributed by atoms with Gasteiger partial charge in [-0.1, -0.05) is 48.0 Å². The van der Waals surface area contributed by atoms with Crippen LogP contribution in [-0.4, -0.2) is 29.1 Å². The van der Waals surface area contributed by atoms with E-state index in [4.69, 9.17) is 4.74 Å². The van der Waals surface area contributed by atoms with Crippen molar-refractivity contribution in [1.82, 2.24) is 10.3 Å². The fourth-order valence-corrected chi connectivity index (χ4v) is 3.40. The second-order valence-electron chi connectivity index (χ2n) is 7.53. The number of nitrogens with zero attached hydrogens (tertiary/aromatic N) is 1. The molecule has 6 heteroatoms. The minimum absolute atomic E-state index is 0.194. The lowest BCUT2D eigenvalue weighted by Crippen LogP contribution is -2.31. The number of carboxylic acids is 1. The fourth-order valence-electron chi connectivity index (χ4n) is 3.40. The molecule has 0 saturated heterocycles. The van der Waals surface area contributed by atoms with Crippen LogP contribution < -0.4 is 10.1 Å². The Morgan fingerprint density at radius 1 is 1.03 bits per heavy atom. The van der Waals surface area contributed by atoms with Crippen molar-refractivity contribution in [2.75, 3.05) is 7.11 Å². The van der Waals surface area contributed by atoms with Crippen LogP contribution in [-0.2, 0) is 4.79 Å². The zero-order valence-corrected chi connectivity index (χ0v) is 18.1. The number of carbonyl (C=O) groups is 2. The van der Waals surface area contributed by atoms with E-state index in [2.05, 4.69) is 10.3 Å². The summed E-state index contributed by atoms with van der Waals surface area (Å²) in [4.78, 5) is 29.0. The molecule has 1 heterocycles. The molecule has 1 unspecified atom stereocenters. The highest BCUT2D eigenvalue weighted by Crippen LogP contribution is 2.32. The molecule has 0 bridgehead atoms. The summed E-state index contributed by atoms with van der Waals surface area (Å²) in [6.07, 6.45) is -0.227. The van der Waals surface area contributed by atoms with E-state index in [1.807, 2.05) is 63.2 Å². The van der Waals surface area contributed by atoms with E-state index in [0.29, 0.717) is 11.4 Å². The second-order valence-corrected chi connectivity index (χ2v) is 7.53. The number of aryl methyl sites for hydroxylation is 2. The first kappa shape index (κ1) is 22.0. The molecule has 160 valence electrons. The number of methoxy groups -OCH3 is 1. The molecular formula is C25H26N2O4. The molecule has 1 atom stereocenters. The third-order valence-electron chi connectivity index (χ3n) is 5.33. The largest absolute Gasteiger partial charge is 0.494 e. The summed E-state index contributed by atoms with van der Waals surface area (Å²) in [7, 11) is 1.56. The Labute approximate surface area is 181 Å². The van der Waals surface area contributed by atoms with Crippen LogP contribution in [0.2, 0.25) is 0 Å². The van der Waals surface area contributed by atoms with Crippen LogP contribution in [0.25, 0.3) is 11.3 Å². The van der Waals surface area contributed by atoms with Crippen molar-refractivity contribution in [3.63, 3.8) is 0 Å². The fraction of sp³-hybridized carbons (Fsp3) is 0.240. The molecule has 1 amide bonds. The van der Waals surface area contributed by atoms with Crippen LogP contribution in [0.5, 0.6) is 5.75 Å². The molecule has 3 aromatic rings. The van der Waals surface area contributed by atoms with Crippen LogP contribution in [0.3, 0.4) is 0 Å². The van der Waals surface area contributed by atoms with Gasteiger partial charge in [0.15, 0.2) is 0 Å². The lowest BCUT2D eigenvalue weighted by atomic mass is 9.99. The van der Waals surface area contributed by atoms with Crippen LogP contribution in [0, 0.1) is 20.8 Å². The SMILES string of the molecule is COc1ccc(C(=O)NC(CC(=O)O)c2ccc(C)cc2)nc1-c1cccc(C)c1C. The molecule has 6 nitrogen and oxygen atoms in total. The molecule has 0 spiro atoms. The average Bonchev–Trinajstić information content (AvgIpc) is 2.75. The van der Waals surface area contributed by atoms with Crippen LogP contribution in [0.4, 0.5) is 0 Å². The molecule has 2 N–H and O–H groups in total. The van der Waals surface area contributed by atoms with E-state index in [0.717, 1.165) is 27.8 Å². The zero-order valence-electron chi connectivity index (χ0n) is 18.1. The van der Waals surface area contributed by atoms with Crippen molar-refractivity contribution >= 4 is 11.9 Å². The van der Waals surface area contributed by atoms with Crippen molar-refractivity contribution < 1.29 is 19.4 Å². The Bertz CT molecular complexity index is 1110. The predicted octanol–water partition coefficient (Wildman–Crippen LogP) is 4.63. The lowest BCUT2D eigenvalue weighted by Gasteiger charge is -2.18. The molecule has 0 saturated carbocycles. The first-order valence-electron chi connectivity index (χ1n) is 10.0. The van der Waals surface area contributed by atoms with Gasteiger partial charge in [-0.05, 0) is 49.6 Å². The standard InChI is InChI=1S/C25H26N2O4/c1-15-8-10-18(11-9-15)21(14-23(28)29)27-25(30)20-12-13-22(31-4)24(26-20)19-7-5-6-16(2)17(19)3/h5-13,21H,14H2,1-4H3,(H,27,30)(H,28,29). The Morgan fingerprint density at radius 3 is 2.39 bits per heavy atom. The Balaban J connectivity index is 1.95. The number of aromatic nitrogens is 1. The van der Waals surface area contributed by atoms with Gasteiger partial charge in [-0.3, -0.25) is 9.59 Å². The van der Waals surface area contributed by atoms with Gasteiger partial charge < -0.3 is 15.2 Å². The molecule has 0 fully saturated rings. The van der Waals surface area contributed by atoms with E-state index in [1.54, 1.807) is 19.2 Å². The summed E-state index contributed by atoms with van der Waals surface area (Å²) in [5.41, 5.74) is 5.59. The van der Waals surface area contributed by atoms with Crippen molar-refractivity contribution in [1.29, 1.82) is 0 Å². The van der Waals surface area contributed by atoms with Crippen LogP contribution in [0.15, 0.2) is 54.6 Å². The number of aliphatic carboxylic acids is 1. The highest BCUT2D eigenvalue weighted by molar-refractivity contribution is 5.94. The lowest BCUT2D eigenvalue weighted by molar-refractivity contribution is -0.137. The maximum Gasteiger partial charge on any atom is 0.305 e. The summed E-state index contributed by atoms with van der Waals surface area (Å²) >= 11 is 0. The van der Waals surface area contributed by atoms with E-state index < -0.39 is 17.9 Å². The maximum absolute atomic E-state index is 13.0. The Hall–Kier alpha value is -3.67. The molecule has 0 radical (unpaired) electrons. The normalized spacial score (nSPS) is 11.6. The van der Waals surface area contributed by atoms with Gasteiger partial charge >= 0.3 is 5.97 Å². The maximum atomic E-state index is 13.0. The smallest absolute Gasteiger partial charge is 0.305 e. The van der Waals surface area contributed by atoms with Crippen molar-refractivity contribution in [2.24, 2.45) is 0 Å². The number of hydrogen-bond donors (Lipinski definition) is 2. The number of ether oxygens (including phenoxy) is 1. The topological polar surface area (TPSA) is 88.5 Å². The number of carboxylic acid groups (broad SMARTS) is 1. The highest BCUT2D eigenvalue weighted by Gasteiger charge is 2.21. The molecule has 3 rings (SSSR count). The van der Waals surface area contributed by atoms with Gasteiger partial charge in [0.1, 0.15) is 17.1 Å². The zero-order chi connectivity index (χ0) is 22.5. The van der Waals surface area contributed by atoms with E-state index in [-0.39, 0.29) is 12.1 Å². The minimum atomic E-state index is -0.996. The number of hydrogen-bond acceptors (Lipinski definition) is 4. The molecule has 1 aromatic heterocycles. The Morgan fingerprint density at radius 2 is 1.74 bits per heavy atom. The summed E-state index contributed by atoms with van der Waals surface area (Å²) in [5, 5.41) is 12.1. The minimum Gasteiger partial charge on any atom is -0.494 e. The second kappa shape index (κ2) is 9.43. The van der Waals surface area contributed by atoms with Gasteiger partial charge in [0.05, 0.1) is 19.6 Å². The summed E-state index contributed by atoms with van der Waals surface area (Å²) in [6, 6.07) is 15.9. The summed E-state index contributed by atoms with van der Waals surface area (Å²) in [6.45, 7) is 5.96. The number of nitrogens with one attached hydrogen (secondary N) is 1. The van der Waals surface area contributed by atoms with E-state index in [1.165, 1.54) is 0 Å². The van der Waals surface area contributed by atoms with Gasteiger partial charge in [-0.2, -0.15) is 0 Å². The highest BCUT2D eigenvalue weighted by atomic mass is 16.5. The first-order chi connectivity index (χ1) is 14.8. The number of carbonyl (C=O) groups excluding carboxylic acids is 1. The Kier molecular flexibility index (Phi) is 6.70. The van der Waals surface area contributed by atoms with Gasteiger partial charge in [0, 0.05) is 5.56 Å². The van der Waals surface area contributed by atoms with Crippen molar-refractivity contribution in [3.05, 3.63) is 82.5 Å². The number of rotatable bonds is 7. The third kappa shape index (κ3) is 5.09. The molecular weight excluding hydrogens is 392 g/mol. The van der Waals surface area contributed by atoms with Gasteiger partial charge in [0.2, 0.25) is 0 Å². The van der Waals surface area contributed by atoms with Crippen LogP contribution in [0.1, 0.15) is 45.2 Å². The average molecular weight is 418 g/mol. The van der Waals surface area contributed by atoms with Gasteiger partial charge in [0.25, 0.3) is 5.91 Å².